The van der Waals surface area contributed by atoms with Crippen molar-refractivity contribution in [3.8, 4) is 0 Å². The van der Waals surface area contributed by atoms with E-state index in [4.69, 9.17) is 0 Å². The normalized spacial score (nSPS) is 23.4. The fraction of sp³-hybridized carbons (Fsp3) is 0.667. The summed E-state index contributed by atoms with van der Waals surface area (Å²) in [5.74, 6) is 1.10. The minimum Gasteiger partial charge on any atom is -0.331 e. The van der Waals surface area contributed by atoms with E-state index in [0.717, 1.165) is 24.4 Å². The fourth-order valence-electron chi connectivity index (χ4n) is 3.78. The van der Waals surface area contributed by atoms with Crippen molar-refractivity contribution in [2.24, 2.45) is 11.8 Å². The Morgan fingerprint density at radius 1 is 1.23 bits per heavy atom. The second-order valence-electron chi connectivity index (χ2n) is 7.05. The van der Waals surface area contributed by atoms with E-state index < -0.39 is 0 Å². The highest BCUT2D eigenvalue weighted by molar-refractivity contribution is 5.75. The molecule has 4 nitrogen and oxygen atoms in total. The number of hydrogen-bond acceptors (Lipinski definition) is 2. The number of hydrogen-bond donors (Lipinski definition) is 1. The molecule has 3 rings (SSSR count). The van der Waals surface area contributed by atoms with Crippen molar-refractivity contribution in [1.29, 1.82) is 0 Å². The minimum absolute atomic E-state index is 0.0538. The second-order valence-corrected chi connectivity index (χ2v) is 7.05. The number of nitrogens with zero attached hydrogens (tertiary/aromatic N) is 2. The van der Waals surface area contributed by atoms with Crippen molar-refractivity contribution >= 4 is 6.03 Å². The molecule has 2 aliphatic rings. The number of nitrogens with one attached hydrogen (secondary N) is 1. The smallest absolute Gasteiger partial charge is 0.318 e. The fourth-order valence-corrected chi connectivity index (χ4v) is 3.78. The van der Waals surface area contributed by atoms with Gasteiger partial charge in [0.15, 0.2) is 0 Å². The van der Waals surface area contributed by atoms with E-state index in [-0.39, 0.29) is 12.1 Å². The molecule has 2 amide bonds. The quantitative estimate of drug-likeness (QED) is 0.920. The molecule has 0 aromatic carbocycles. The zero-order chi connectivity index (χ0) is 15.5. The molecule has 1 aliphatic heterocycles. The first-order valence-corrected chi connectivity index (χ1v) is 8.64. The number of pyridine rings is 1. The average Bonchev–Trinajstić information content (AvgIpc) is 2.92. The predicted octanol–water partition coefficient (Wildman–Crippen LogP) is 3.75. The lowest BCUT2D eigenvalue weighted by Gasteiger charge is -2.38. The molecule has 2 atom stereocenters. The third-order valence-corrected chi connectivity index (χ3v) is 5.26. The molecule has 4 heteroatoms. The molecule has 120 valence electrons. The summed E-state index contributed by atoms with van der Waals surface area (Å²) in [7, 11) is 0. The highest BCUT2D eigenvalue weighted by Crippen LogP contribution is 2.37. The molecule has 1 aromatic rings. The van der Waals surface area contributed by atoms with Crippen molar-refractivity contribution in [3.05, 3.63) is 30.1 Å². The Morgan fingerprint density at radius 3 is 2.55 bits per heavy atom. The third-order valence-electron chi connectivity index (χ3n) is 5.26. The van der Waals surface area contributed by atoms with Crippen LogP contribution in [0.1, 0.15) is 57.6 Å². The van der Waals surface area contributed by atoms with Gasteiger partial charge in [-0.3, -0.25) is 4.98 Å². The monoisotopic (exact) mass is 301 g/mol. The first-order valence-electron chi connectivity index (χ1n) is 8.64. The van der Waals surface area contributed by atoms with Gasteiger partial charge in [-0.15, -0.1) is 0 Å². The van der Waals surface area contributed by atoms with E-state index in [0.29, 0.717) is 12.0 Å². The van der Waals surface area contributed by atoms with Gasteiger partial charge < -0.3 is 10.2 Å². The van der Waals surface area contributed by atoms with Gasteiger partial charge in [-0.25, -0.2) is 4.79 Å². The Kier molecular flexibility index (Phi) is 4.65. The second kappa shape index (κ2) is 6.67. The molecule has 1 aromatic heterocycles. The Hall–Kier alpha value is -1.58. The van der Waals surface area contributed by atoms with Crippen LogP contribution < -0.4 is 5.32 Å². The van der Waals surface area contributed by atoms with E-state index in [9.17, 15) is 4.79 Å². The van der Waals surface area contributed by atoms with Gasteiger partial charge in [0.25, 0.3) is 0 Å². The van der Waals surface area contributed by atoms with Gasteiger partial charge in [-0.1, -0.05) is 20.3 Å². The lowest BCUT2D eigenvalue weighted by atomic mass is 9.79. The summed E-state index contributed by atoms with van der Waals surface area (Å²) in [6, 6.07) is 4.64. The molecule has 2 heterocycles. The number of likely N-dealkylation sites (tertiary alicyclic amines) is 1. The molecular formula is C18H27N3O. The van der Waals surface area contributed by atoms with Gasteiger partial charge in [0.2, 0.25) is 0 Å². The van der Waals surface area contributed by atoms with Crippen LogP contribution >= 0.6 is 0 Å². The van der Waals surface area contributed by atoms with Crippen LogP contribution in [0, 0.1) is 11.8 Å². The Bertz CT molecular complexity index is 498. The number of urea groups is 1. The maximum absolute atomic E-state index is 12.8. The van der Waals surface area contributed by atoms with Crippen LogP contribution in [0.2, 0.25) is 0 Å². The predicted molar refractivity (Wildman–Crippen MR) is 87.4 cm³/mol. The van der Waals surface area contributed by atoms with Crippen LogP contribution in [-0.4, -0.2) is 28.5 Å². The number of carbonyl (C=O) groups excluding carboxylic acids is 1. The average molecular weight is 301 g/mol. The van der Waals surface area contributed by atoms with Crippen LogP contribution in [0.3, 0.4) is 0 Å². The van der Waals surface area contributed by atoms with Crippen LogP contribution in [0.4, 0.5) is 4.79 Å². The molecular weight excluding hydrogens is 274 g/mol. The Morgan fingerprint density at radius 2 is 1.95 bits per heavy atom. The van der Waals surface area contributed by atoms with Gasteiger partial charge in [0, 0.05) is 25.0 Å². The molecule has 0 spiro atoms. The summed E-state index contributed by atoms with van der Waals surface area (Å²) in [5, 5.41) is 3.27. The van der Waals surface area contributed by atoms with E-state index in [2.05, 4.69) is 29.0 Å². The van der Waals surface area contributed by atoms with Crippen LogP contribution in [0.25, 0.3) is 0 Å². The third kappa shape index (κ3) is 3.11. The summed E-state index contributed by atoms with van der Waals surface area (Å²) in [4.78, 5) is 19.0. The molecule has 1 saturated carbocycles. The molecule has 1 saturated heterocycles. The summed E-state index contributed by atoms with van der Waals surface area (Å²) >= 11 is 0. The number of carbonyl (C=O) groups is 1. The van der Waals surface area contributed by atoms with Crippen LogP contribution in [0.15, 0.2) is 24.5 Å². The number of amides is 2. The SMILES string of the molecule is CC(C)C(NC(=O)N1CCCC1C1CCC1)c1ccncc1. The Balaban J connectivity index is 1.68. The van der Waals surface area contributed by atoms with Crippen LogP contribution in [-0.2, 0) is 0 Å². The summed E-state index contributed by atoms with van der Waals surface area (Å²) in [5.41, 5.74) is 1.14. The van der Waals surface area contributed by atoms with Gasteiger partial charge in [-0.05, 0) is 55.2 Å². The first kappa shape index (κ1) is 15.3. The first-order chi connectivity index (χ1) is 10.7. The standard InChI is InChI=1S/C18H27N3O/c1-13(2)17(15-8-10-19-11-9-15)20-18(22)21-12-4-7-16(21)14-5-3-6-14/h8-11,13-14,16-17H,3-7,12H2,1-2H3,(H,20,22). The topological polar surface area (TPSA) is 45.2 Å². The molecule has 22 heavy (non-hydrogen) atoms. The summed E-state index contributed by atoms with van der Waals surface area (Å²) in [6.07, 6.45) is 9.85. The lowest BCUT2D eigenvalue weighted by Crippen LogP contribution is -2.48. The van der Waals surface area contributed by atoms with Crippen molar-refractivity contribution in [3.63, 3.8) is 0 Å². The van der Waals surface area contributed by atoms with Crippen LogP contribution in [0.5, 0.6) is 0 Å². The maximum atomic E-state index is 12.8. The van der Waals surface area contributed by atoms with Crippen molar-refractivity contribution in [1.82, 2.24) is 15.2 Å². The van der Waals surface area contributed by atoms with Gasteiger partial charge in [0.05, 0.1) is 6.04 Å². The maximum Gasteiger partial charge on any atom is 0.318 e. The molecule has 1 aliphatic carbocycles. The molecule has 0 bridgehead atoms. The molecule has 0 radical (unpaired) electrons. The van der Waals surface area contributed by atoms with Gasteiger partial charge >= 0.3 is 6.03 Å². The highest BCUT2D eigenvalue weighted by atomic mass is 16.2. The minimum atomic E-state index is 0.0538. The molecule has 2 unspecified atom stereocenters. The van der Waals surface area contributed by atoms with E-state index >= 15 is 0 Å². The van der Waals surface area contributed by atoms with Gasteiger partial charge in [-0.2, -0.15) is 0 Å². The zero-order valence-corrected chi connectivity index (χ0v) is 13.7. The summed E-state index contributed by atoms with van der Waals surface area (Å²) in [6.45, 7) is 5.21. The number of aromatic nitrogens is 1. The van der Waals surface area contributed by atoms with Gasteiger partial charge in [0.1, 0.15) is 0 Å². The Labute approximate surface area is 133 Å². The summed E-state index contributed by atoms with van der Waals surface area (Å²) < 4.78 is 0. The van der Waals surface area contributed by atoms with Crippen molar-refractivity contribution < 1.29 is 4.79 Å². The van der Waals surface area contributed by atoms with E-state index in [1.165, 1.54) is 25.7 Å². The van der Waals surface area contributed by atoms with E-state index in [1.807, 2.05) is 12.1 Å². The zero-order valence-electron chi connectivity index (χ0n) is 13.7. The molecule has 1 N–H and O–H groups in total. The largest absolute Gasteiger partial charge is 0.331 e. The highest BCUT2D eigenvalue weighted by Gasteiger charge is 2.37. The van der Waals surface area contributed by atoms with E-state index in [1.54, 1.807) is 12.4 Å². The molecule has 2 fully saturated rings. The van der Waals surface area contributed by atoms with Crippen molar-refractivity contribution in [2.75, 3.05) is 6.54 Å². The number of rotatable bonds is 4. The lowest BCUT2D eigenvalue weighted by molar-refractivity contribution is 0.135. The van der Waals surface area contributed by atoms with Crippen molar-refractivity contribution in [2.45, 2.75) is 58.0 Å².